The second-order valence-electron chi connectivity index (χ2n) is 2.28. The Balaban J connectivity index is 3.22. The van der Waals surface area contributed by atoms with Gasteiger partial charge in [0.2, 0.25) is 0 Å². The Morgan fingerprint density at radius 3 is 3.00 bits per heavy atom. The summed E-state index contributed by atoms with van der Waals surface area (Å²) in [6.07, 6.45) is 1.67. The predicted molar refractivity (Wildman–Crippen MR) is 47.0 cm³/mol. The molecule has 0 aliphatic carbocycles. The van der Waals surface area contributed by atoms with Gasteiger partial charge in [-0.3, -0.25) is 4.98 Å². The zero-order valence-electron chi connectivity index (χ0n) is 6.46. The fourth-order valence-corrected chi connectivity index (χ4v) is 0.800. The Morgan fingerprint density at radius 1 is 1.64 bits per heavy atom. The van der Waals surface area contributed by atoms with Crippen LogP contribution >= 0.6 is 0 Å². The second kappa shape index (κ2) is 3.04. The largest absolute Gasteiger partial charge is 0.397 e. The number of rotatable bonds is 1. The van der Waals surface area contributed by atoms with Crippen LogP contribution in [-0.2, 0) is 0 Å². The van der Waals surface area contributed by atoms with E-state index in [1.165, 1.54) is 0 Å². The summed E-state index contributed by atoms with van der Waals surface area (Å²) in [5.74, 6) is 0. The summed E-state index contributed by atoms with van der Waals surface area (Å²) in [6, 6.07) is 3.70. The lowest BCUT2D eigenvalue weighted by Gasteiger charge is -1.98. The Kier molecular flexibility index (Phi) is 2.09. The van der Waals surface area contributed by atoms with E-state index in [2.05, 4.69) is 17.3 Å². The molecule has 2 nitrogen and oxygen atoms in total. The Morgan fingerprint density at radius 2 is 2.36 bits per heavy atom. The van der Waals surface area contributed by atoms with Gasteiger partial charge in [0.15, 0.2) is 0 Å². The maximum atomic E-state index is 5.61. The molecule has 1 aromatic heterocycles. The normalized spacial score (nSPS) is 8.82. The molecule has 0 fully saturated rings. The fourth-order valence-electron chi connectivity index (χ4n) is 0.800. The van der Waals surface area contributed by atoms with E-state index in [0.717, 1.165) is 11.4 Å². The van der Waals surface area contributed by atoms with Crippen molar-refractivity contribution >= 4 is 11.8 Å². The van der Waals surface area contributed by atoms with Crippen LogP contribution < -0.4 is 5.73 Å². The highest BCUT2D eigenvalue weighted by molar-refractivity contribution is 5.60. The van der Waals surface area contributed by atoms with Crippen molar-refractivity contribution in [3.8, 4) is 0 Å². The number of nitrogens with two attached hydrogens (primary N) is 1. The summed E-state index contributed by atoms with van der Waals surface area (Å²) < 4.78 is 0. The molecule has 0 aromatic carbocycles. The lowest BCUT2D eigenvalue weighted by atomic mass is 10.2. The number of anilines is 1. The van der Waals surface area contributed by atoms with Gasteiger partial charge in [0.05, 0.1) is 11.4 Å². The summed E-state index contributed by atoms with van der Waals surface area (Å²) in [4.78, 5) is 4.18. The van der Waals surface area contributed by atoms with Crippen molar-refractivity contribution in [3.63, 3.8) is 0 Å². The number of pyridine rings is 1. The molecule has 11 heavy (non-hydrogen) atoms. The Hall–Kier alpha value is -1.53. The van der Waals surface area contributed by atoms with Gasteiger partial charge in [0.1, 0.15) is 0 Å². The molecule has 0 spiro atoms. The van der Waals surface area contributed by atoms with Crippen LogP contribution in [0.2, 0.25) is 0 Å². The highest BCUT2D eigenvalue weighted by Gasteiger charge is 1.94. The standard InChI is InChI=1S/C9H10N2/c1-3-4-9-8(10)6-5-7(2)11-9/h4-6H,1,10H2,2H3. The van der Waals surface area contributed by atoms with E-state index >= 15 is 0 Å². The van der Waals surface area contributed by atoms with E-state index in [-0.39, 0.29) is 0 Å². The number of nitrogen functional groups attached to an aromatic ring is 1. The first-order valence-electron chi connectivity index (χ1n) is 3.33. The number of aryl methyl sites for hydroxylation is 1. The van der Waals surface area contributed by atoms with Crippen molar-refractivity contribution in [3.05, 3.63) is 35.8 Å². The second-order valence-corrected chi connectivity index (χ2v) is 2.28. The van der Waals surface area contributed by atoms with Gasteiger partial charge in [0, 0.05) is 11.8 Å². The van der Waals surface area contributed by atoms with Crippen molar-refractivity contribution in [2.45, 2.75) is 6.92 Å². The molecule has 56 valence electrons. The van der Waals surface area contributed by atoms with E-state index in [0.29, 0.717) is 5.69 Å². The molecular formula is C9H10N2. The van der Waals surface area contributed by atoms with Crippen LogP contribution in [0.25, 0.3) is 6.08 Å². The first-order chi connectivity index (χ1) is 5.24. The van der Waals surface area contributed by atoms with Crippen LogP contribution in [0.4, 0.5) is 5.69 Å². The maximum absolute atomic E-state index is 5.61. The summed E-state index contributed by atoms with van der Waals surface area (Å²) in [5, 5.41) is 0. The van der Waals surface area contributed by atoms with E-state index in [1.807, 2.05) is 19.1 Å². The fraction of sp³-hybridized carbons (Fsp3) is 0.111. The van der Waals surface area contributed by atoms with E-state index in [1.54, 1.807) is 6.08 Å². The minimum atomic E-state index is 0.659. The zero-order valence-corrected chi connectivity index (χ0v) is 6.46. The number of nitrogens with zero attached hydrogens (tertiary/aromatic N) is 1. The van der Waals surface area contributed by atoms with Crippen LogP contribution in [0, 0.1) is 6.92 Å². The van der Waals surface area contributed by atoms with Gasteiger partial charge in [-0.1, -0.05) is 6.58 Å². The van der Waals surface area contributed by atoms with Crippen molar-refractivity contribution in [1.29, 1.82) is 0 Å². The van der Waals surface area contributed by atoms with Gasteiger partial charge in [-0.2, -0.15) is 0 Å². The Bertz CT molecular complexity index is 309. The van der Waals surface area contributed by atoms with E-state index < -0.39 is 0 Å². The first-order valence-corrected chi connectivity index (χ1v) is 3.33. The first kappa shape index (κ1) is 7.58. The van der Waals surface area contributed by atoms with Gasteiger partial charge in [-0.25, -0.2) is 0 Å². The molecule has 0 atom stereocenters. The minimum absolute atomic E-state index is 0.659. The summed E-state index contributed by atoms with van der Waals surface area (Å²) in [5.41, 5.74) is 10.6. The molecule has 0 aliphatic rings. The SMILES string of the molecule is C=C=Cc1nc(C)ccc1N. The van der Waals surface area contributed by atoms with Gasteiger partial charge in [0.25, 0.3) is 0 Å². The number of aromatic nitrogens is 1. The molecule has 2 N–H and O–H groups in total. The topological polar surface area (TPSA) is 38.9 Å². The molecule has 0 saturated carbocycles. The average Bonchev–Trinajstić information content (AvgIpc) is 1.98. The maximum Gasteiger partial charge on any atom is 0.0938 e. The van der Waals surface area contributed by atoms with Gasteiger partial charge in [-0.05, 0) is 19.1 Å². The van der Waals surface area contributed by atoms with Crippen molar-refractivity contribution in [2.24, 2.45) is 0 Å². The van der Waals surface area contributed by atoms with Gasteiger partial charge in [-0.15, -0.1) is 5.73 Å². The average molecular weight is 146 g/mol. The van der Waals surface area contributed by atoms with Crippen LogP contribution in [0.5, 0.6) is 0 Å². The predicted octanol–water partition coefficient (Wildman–Crippen LogP) is 1.77. The number of hydrogen-bond acceptors (Lipinski definition) is 2. The zero-order chi connectivity index (χ0) is 8.27. The lowest BCUT2D eigenvalue weighted by molar-refractivity contribution is 1.19. The highest BCUT2D eigenvalue weighted by atomic mass is 14.7. The van der Waals surface area contributed by atoms with Crippen LogP contribution in [-0.4, -0.2) is 4.98 Å². The molecule has 0 bridgehead atoms. The minimum Gasteiger partial charge on any atom is -0.397 e. The van der Waals surface area contributed by atoms with Crippen LogP contribution in [0.1, 0.15) is 11.4 Å². The van der Waals surface area contributed by atoms with Crippen molar-refractivity contribution in [2.75, 3.05) is 5.73 Å². The molecule has 0 unspecified atom stereocenters. The van der Waals surface area contributed by atoms with Gasteiger partial charge >= 0.3 is 0 Å². The third-order valence-corrected chi connectivity index (χ3v) is 1.34. The third-order valence-electron chi connectivity index (χ3n) is 1.34. The molecule has 0 saturated heterocycles. The molecule has 0 aliphatic heterocycles. The van der Waals surface area contributed by atoms with Crippen LogP contribution in [0.15, 0.2) is 24.4 Å². The van der Waals surface area contributed by atoms with E-state index in [4.69, 9.17) is 5.73 Å². The summed E-state index contributed by atoms with van der Waals surface area (Å²) >= 11 is 0. The van der Waals surface area contributed by atoms with Crippen molar-refractivity contribution in [1.82, 2.24) is 4.98 Å². The molecule has 2 heteroatoms. The van der Waals surface area contributed by atoms with Crippen molar-refractivity contribution < 1.29 is 0 Å². The third kappa shape index (κ3) is 1.69. The summed E-state index contributed by atoms with van der Waals surface area (Å²) in [7, 11) is 0. The van der Waals surface area contributed by atoms with Crippen LogP contribution in [0.3, 0.4) is 0 Å². The molecule has 1 heterocycles. The monoisotopic (exact) mass is 146 g/mol. The molecule has 0 amide bonds. The molecule has 0 radical (unpaired) electrons. The highest BCUT2D eigenvalue weighted by Crippen LogP contribution is 2.09. The molecular weight excluding hydrogens is 136 g/mol. The molecule has 1 aromatic rings. The quantitative estimate of drug-likeness (QED) is 0.613. The summed E-state index contributed by atoms with van der Waals surface area (Å²) in [6.45, 7) is 5.37. The lowest BCUT2D eigenvalue weighted by Crippen LogP contribution is -1.93. The smallest absolute Gasteiger partial charge is 0.0938 e. The van der Waals surface area contributed by atoms with E-state index in [9.17, 15) is 0 Å². The Labute approximate surface area is 66.1 Å². The van der Waals surface area contributed by atoms with Gasteiger partial charge < -0.3 is 5.73 Å². The molecule has 1 rings (SSSR count). The number of hydrogen-bond donors (Lipinski definition) is 1.